The molecule has 0 N–H and O–H groups in total. The van der Waals surface area contributed by atoms with E-state index in [1.54, 1.807) is 24.0 Å². The van der Waals surface area contributed by atoms with Crippen LogP contribution in [0.4, 0.5) is 0 Å². The summed E-state index contributed by atoms with van der Waals surface area (Å²) >= 11 is 5.01. The third-order valence-electron chi connectivity index (χ3n) is 1.91. The van der Waals surface area contributed by atoms with Crippen molar-refractivity contribution in [3.8, 4) is 6.07 Å². The Bertz CT molecular complexity index is 534. The van der Waals surface area contributed by atoms with Crippen LogP contribution >= 0.6 is 27.7 Å². The number of pyridine rings is 1. The average molecular weight is 291 g/mol. The van der Waals surface area contributed by atoms with Gasteiger partial charge in [0.2, 0.25) is 0 Å². The van der Waals surface area contributed by atoms with Gasteiger partial charge in [-0.3, -0.25) is 0 Å². The number of rotatable bonds is 2. The zero-order valence-electron chi connectivity index (χ0n) is 8.22. The highest BCUT2D eigenvalue weighted by Gasteiger charge is 2.03. The van der Waals surface area contributed by atoms with Crippen molar-refractivity contribution in [1.29, 1.82) is 5.26 Å². The van der Waals surface area contributed by atoms with Gasteiger partial charge in [0.1, 0.15) is 5.03 Å². The van der Waals surface area contributed by atoms with Crippen LogP contribution in [-0.2, 0) is 0 Å². The van der Waals surface area contributed by atoms with Crippen LogP contribution in [0.1, 0.15) is 5.56 Å². The number of benzene rings is 1. The highest BCUT2D eigenvalue weighted by molar-refractivity contribution is 9.10. The molecular weight excluding hydrogens is 284 g/mol. The molecule has 2 rings (SSSR count). The molecule has 2 nitrogen and oxygen atoms in total. The van der Waals surface area contributed by atoms with Crippen molar-refractivity contribution < 1.29 is 0 Å². The second kappa shape index (κ2) is 5.15. The van der Waals surface area contributed by atoms with Crippen LogP contribution in [0.2, 0.25) is 0 Å². The lowest BCUT2D eigenvalue weighted by Gasteiger charge is -2.03. The monoisotopic (exact) mass is 290 g/mol. The summed E-state index contributed by atoms with van der Waals surface area (Å²) in [5.74, 6) is 0. The minimum atomic E-state index is 0.650. The molecule has 4 heteroatoms. The predicted octanol–water partition coefficient (Wildman–Crippen LogP) is 3.87. The van der Waals surface area contributed by atoms with Crippen molar-refractivity contribution >= 4 is 27.7 Å². The molecule has 0 amide bonds. The summed E-state index contributed by atoms with van der Waals surface area (Å²) in [5, 5.41) is 9.69. The van der Waals surface area contributed by atoms with E-state index in [1.165, 1.54) is 0 Å². The lowest BCUT2D eigenvalue weighted by Crippen LogP contribution is -1.81. The third kappa shape index (κ3) is 2.63. The molecule has 0 radical (unpaired) electrons. The molecule has 0 spiro atoms. The Kier molecular flexibility index (Phi) is 3.60. The van der Waals surface area contributed by atoms with E-state index in [1.807, 2.05) is 30.3 Å². The van der Waals surface area contributed by atoms with Crippen LogP contribution in [0, 0.1) is 11.3 Å². The molecule has 0 saturated carbocycles. The zero-order chi connectivity index (χ0) is 11.4. The van der Waals surface area contributed by atoms with E-state index >= 15 is 0 Å². The van der Waals surface area contributed by atoms with E-state index in [-0.39, 0.29) is 0 Å². The summed E-state index contributed by atoms with van der Waals surface area (Å²) in [6.07, 6.45) is 1.76. The molecule has 2 aromatic rings. The number of nitriles is 1. The third-order valence-corrected chi connectivity index (χ3v) is 3.86. The van der Waals surface area contributed by atoms with Gasteiger partial charge in [0.25, 0.3) is 0 Å². The Hall–Kier alpha value is -1.31. The largest absolute Gasteiger partial charge is 0.250 e. The molecule has 1 heterocycles. The first-order valence-electron chi connectivity index (χ1n) is 4.58. The van der Waals surface area contributed by atoms with Crippen molar-refractivity contribution in [2.24, 2.45) is 0 Å². The van der Waals surface area contributed by atoms with Crippen molar-refractivity contribution in [3.63, 3.8) is 0 Å². The molecular formula is C12H7BrN2S. The first-order valence-corrected chi connectivity index (χ1v) is 6.19. The Balaban J connectivity index is 2.27. The summed E-state index contributed by atoms with van der Waals surface area (Å²) in [6.45, 7) is 0. The van der Waals surface area contributed by atoms with Crippen molar-refractivity contribution in [2.75, 3.05) is 0 Å². The Morgan fingerprint density at radius 1 is 1.25 bits per heavy atom. The number of hydrogen-bond acceptors (Lipinski definition) is 3. The summed E-state index contributed by atoms with van der Waals surface area (Å²) in [7, 11) is 0. The van der Waals surface area contributed by atoms with E-state index in [4.69, 9.17) is 5.26 Å². The Labute approximate surface area is 106 Å². The molecule has 0 atom stereocenters. The predicted molar refractivity (Wildman–Crippen MR) is 67.2 cm³/mol. The molecule has 0 unspecified atom stereocenters. The maximum Gasteiger partial charge on any atom is 0.101 e. The van der Waals surface area contributed by atoms with Gasteiger partial charge < -0.3 is 0 Å². The van der Waals surface area contributed by atoms with Crippen molar-refractivity contribution in [2.45, 2.75) is 9.92 Å². The normalized spacial score (nSPS) is 9.75. The maximum atomic E-state index is 8.75. The van der Waals surface area contributed by atoms with Crippen LogP contribution in [0.15, 0.2) is 57.0 Å². The lowest BCUT2D eigenvalue weighted by molar-refractivity contribution is 1.13. The molecule has 0 saturated heterocycles. The summed E-state index contributed by atoms with van der Waals surface area (Å²) in [4.78, 5) is 5.29. The Morgan fingerprint density at radius 3 is 2.75 bits per heavy atom. The summed E-state index contributed by atoms with van der Waals surface area (Å²) in [5.41, 5.74) is 0.650. The molecule has 78 valence electrons. The molecule has 1 aromatic carbocycles. The van der Waals surface area contributed by atoms with Gasteiger partial charge in [0.05, 0.1) is 11.6 Å². The molecule has 1 aromatic heterocycles. The van der Waals surface area contributed by atoms with E-state index in [0.29, 0.717) is 5.56 Å². The lowest BCUT2D eigenvalue weighted by atomic mass is 10.2. The molecule has 0 fully saturated rings. The van der Waals surface area contributed by atoms with Gasteiger partial charge in [-0.1, -0.05) is 17.8 Å². The standard InChI is InChI=1S/C12H7BrN2S/c13-10-7-9(8-14)4-5-11(10)16-12-3-1-2-6-15-12/h1-7H. The van der Waals surface area contributed by atoms with Gasteiger partial charge in [0.15, 0.2) is 0 Å². The quantitative estimate of drug-likeness (QED) is 0.842. The van der Waals surface area contributed by atoms with Gasteiger partial charge in [-0.25, -0.2) is 4.98 Å². The first-order chi connectivity index (χ1) is 7.79. The fourth-order valence-electron chi connectivity index (χ4n) is 1.17. The number of halogens is 1. The fraction of sp³-hybridized carbons (Fsp3) is 0. The summed E-state index contributed by atoms with van der Waals surface area (Å²) < 4.78 is 0.919. The van der Waals surface area contributed by atoms with Gasteiger partial charge in [-0.2, -0.15) is 5.26 Å². The van der Waals surface area contributed by atoms with Crippen LogP contribution < -0.4 is 0 Å². The number of hydrogen-bond donors (Lipinski definition) is 0. The van der Waals surface area contributed by atoms with Crippen molar-refractivity contribution in [1.82, 2.24) is 4.98 Å². The highest BCUT2D eigenvalue weighted by atomic mass is 79.9. The van der Waals surface area contributed by atoms with Crippen LogP contribution in [-0.4, -0.2) is 4.98 Å². The van der Waals surface area contributed by atoms with E-state index in [0.717, 1.165) is 14.4 Å². The van der Waals surface area contributed by atoms with E-state index in [9.17, 15) is 0 Å². The van der Waals surface area contributed by atoms with Gasteiger partial charge in [0, 0.05) is 15.6 Å². The minimum Gasteiger partial charge on any atom is -0.250 e. The zero-order valence-corrected chi connectivity index (χ0v) is 10.6. The number of aromatic nitrogens is 1. The smallest absolute Gasteiger partial charge is 0.101 e. The summed E-state index contributed by atoms with van der Waals surface area (Å²) in [6, 6.07) is 13.4. The van der Waals surface area contributed by atoms with Gasteiger partial charge in [-0.05, 0) is 46.3 Å². The van der Waals surface area contributed by atoms with E-state index in [2.05, 4.69) is 27.0 Å². The second-order valence-electron chi connectivity index (χ2n) is 3.03. The average Bonchev–Trinajstić information content (AvgIpc) is 2.33. The molecule has 0 aliphatic heterocycles. The molecule has 16 heavy (non-hydrogen) atoms. The van der Waals surface area contributed by atoms with Crippen LogP contribution in [0.5, 0.6) is 0 Å². The maximum absolute atomic E-state index is 8.75. The van der Waals surface area contributed by atoms with Gasteiger partial charge >= 0.3 is 0 Å². The topological polar surface area (TPSA) is 36.7 Å². The number of nitrogens with zero attached hydrogens (tertiary/aromatic N) is 2. The highest BCUT2D eigenvalue weighted by Crippen LogP contribution is 2.32. The van der Waals surface area contributed by atoms with Gasteiger partial charge in [-0.15, -0.1) is 0 Å². The SMILES string of the molecule is N#Cc1ccc(Sc2ccccn2)c(Br)c1. The first kappa shape index (κ1) is 11.2. The molecule has 0 aliphatic rings. The van der Waals surface area contributed by atoms with Crippen LogP contribution in [0.3, 0.4) is 0 Å². The van der Waals surface area contributed by atoms with E-state index < -0.39 is 0 Å². The van der Waals surface area contributed by atoms with Crippen LogP contribution in [0.25, 0.3) is 0 Å². The Morgan fingerprint density at radius 2 is 2.12 bits per heavy atom. The molecule has 0 aliphatic carbocycles. The van der Waals surface area contributed by atoms with Crippen molar-refractivity contribution in [3.05, 3.63) is 52.6 Å². The molecule has 0 bridgehead atoms. The minimum absolute atomic E-state index is 0.650. The fourth-order valence-corrected chi connectivity index (χ4v) is 2.57. The second-order valence-corrected chi connectivity index (χ2v) is 4.94.